The zero-order valence-corrected chi connectivity index (χ0v) is 19.1. The molecule has 0 aliphatic rings. The van der Waals surface area contributed by atoms with Gasteiger partial charge in [0.25, 0.3) is 11.8 Å². The smallest absolute Gasteiger partial charge is 0.341 e. The molecule has 0 radical (unpaired) electrons. The molecule has 166 valence electrons. The number of benzene rings is 2. The molecule has 3 aromatic rings. The average Bonchev–Trinajstić information content (AvgIpc) is 3.10. The molecule has 0 atom stereocenters. The summed E-state index contributed by atoms with van der Waals surface area (Å²) in [5.74, 6) is -0.693. The summed E-state index contributed by atoms with van der Waals surface area (Å²) >= 11 is 1.03. The summed E-state index contributed by atoms with van der Waals surface area (Å²) in [7, 11) is 1.26. The first-order chi connectivity index (χ1) is 15.3. The standard InChI is InChI=1S/C24H24N2O5S/c1-5-31-18-11-9-17(10-12-18)25-22(28)20-15(3)19(24(29)30-4)23(32-20)26-21(27)16-8-6-7-14(2)13-16/h6-13H,5H2,1-4H3,(H,25,28)(H,26,27). The van der Waals surface area contributed by atoms with Gasteiger partial charge in [-0.15, -0.1) is 11.3 Å². The second kappa shape index (κ2) is 10.1. The van der Waals surface area contributed by atoms with Gasteiger partial charge in [-0.1, -0.05) is 17.7 Å². The fourth-order valence-electron chi connectivity index (χ4n) is 3.12. The van der Waals surface area contributed by atoms with Crippen LogP contribution in [-0.4, -0.2) is 31.5 Å². The Morgan fingerprint density at radius 1 is 0.969 bits per heavy atom. The van der Waals surface area contributed by atoms with Crippen LogP contribution in [0.25, 0.3) is 0 Å². The molecule has 0 saturated heterocycles. The molecular weight excluding hydrogens is 428 g/mol. The van der Waals surface area contributed by atoms with Crippen LogP contribution in [0.4, 0.5) is 10.7 Å². The SMILES string of the molecule is CCOc1ccc(NC(=O)c2sc(NC(=O)c3cccc(C)c3)c(C(=O)OC)c2C)cc1. The van der Waals surface area contributed by atoms with Gasteiger partial charge in [-0.3, -0.25) is 9.59 Å². The van der Waals surface area contributed by atoms with E-state index in [1.54, 1.807) is 49.4 Å². The summed E-state index contributed by atoms with van der Waals surface area (Å²) in [6.45, 7) is 5.98. The molecule has 1 heterocycles. The molecular formula is C24H24N2O5S. The molecule has 2 N–H and O–H groups in total. The van der Waals surface area contributed by atoms with Crippen LogP contribution in [0.1, 0.15) is 48.4 Å². The van der Waals surface area contributed by atoms with Gasteiger partial charge in [0.05, 0.1) is 24.2 Å². The molecule has 1 aromatic heterocycles. The van der Waals surface area contributed by atoms with Crippen LogP contribution >= 0.6 is 11.3 Å². The minimum Gasteiger partial charge on any atom is -0.494 e. The molecule has 7 nitrogen and oxygen atoms in total. The number of hydrogen-bond donors (Lipinski definition) is 2. The Balaban J connectivity index is 1.88. The van der Waals surface area contributed by atoms with E-state index in [4.69, 9.17) is 9.47 Å². The molecule has 0 aliphatic carbocycles. The molecule has 8 heteroatoms. The molecule has 3 rings (SSSR count). The molecule has 0 aliphatic heterocycles. The Bertz CT molecular complexity index is 1150. The van der Waals surface area contributed by atoms with E-state index in [-0.39, 0.29) is 16.5 Å². The van der Waals surface area contributed by atoms with Crippen molar-refractivity contribution in [3.8, 4) is 5.75 Å². The first-order valence-electron chi connectivity index (χ1n) is 9.98. The van der Waals surface area contributed by atoms with E-state index in [9.17, 15) is 14.4 Å². The maximum Gasteiger partial charge on any atom is 0.341 e. The second-order valence-electron chi connectivity index (χ2n) is 6.99. The van der Waals surface area contributed by atoms with Crippen LogP contribution in [0.15, 0.2) is 48.5 Å². The lowest BCUT2D eigenvalue weighted by Crippen LogP contribution is -2.14. The van der Waals surface area contributed by atoms with Crippen LogP contribution < -0.4 is 15.4 Å². The molecule has 0 saturated carbocycles. The summed E-state index contributed by atoms with van der Waals surface area (Å²) < 4.78 is 10.3. The topological polar surface area (TPSA) is 93.7 Å². The van der Waals surface area contributed by atoms with Gasteiger partial charge < -0.3 is 20.1 Å². The number of thiophene rings is 1. The van der Waals surface area contributed by atoms with Gasteiger partial charge in [0.2, 0.25) is 0 Å². The molecule has 0 bridgehead atoms. The van der Waals surface area contributed by atoms with E-state index in [0.29, 0.717) is 34.0 Å². The number of esters is 1. The van der Waals surface area contributed by atoms with Crippen molar-refractivity contribution in [2.75, 3.05) is 24.4 Å². The van der Waals surface area contributed by atoms with Gasteiger partial charge in [0, 0.05) is 11.3 Å². The van der Waals surface area contributed by atoms with Crippen molar-refractivity contribution in [3.63, 3.8) is 0 Å². The molecule has 0 spiro atoms. The summed E-state index contributed by atoms with van der Waals surface area (Å²) in [6.07, 6.45) is 0. The fourth-order valence-corrected chi connectivity index (χ4v) is 4.20. The van der Waals surface area contributed by atoms with Crippen LogP contribution in [0.3, 0.4) is 0 Å². The average molecular weight is 453 g/mol. The lowest BCUT2D eigenvalue weighted by Gasteiger charge is -2.07. The number of hydrogen-bond acceptors (Lipinski definition) is 6. The van der Waals surface area contributed by atoms with Crippen molar-refractivity contribution < 1.29 is 23.9 Å². The Kier molecular flexibility index (Phi) is 7.27. The van der Waals surface area contributed by atoms with Crippen molar-refractivity contribution >= 4 is 39.8 Å². The Morgan fingerprint density at radius 3 is 2.31 bits per heavy atom. The second-order valence-corrected chi connectivity index (χ2v) is 8.01. The maximum atomic E-state index is 12.9. The number of amides is 2. The van der Waals surface area contributed by atoms with Crippen molar-refractivity contribution in [3.05, 3.63) is 75.7 Å². The van der Waals surface area contributed by atoms with Gasteiger partial charge in [-0.25, -0.2) is 4.79 Å². The molecule has 2 aromatic carbocycles. The number of anilines is 2. The van der Waals surface area contributed by atoms with Gasteiger partial charge in [0.1, 0.15) is 10.8 Å². The molecule has 0 fully saturated rings. The van der Waals surface area contributed by atoms with Crippen molar-refractivity contribution in [1.82, 2.24) is 0 Å². The van der Waals surface area contributed by atoms with Crippen molar-refractivity contribution in [1.29, 1.82) is 0 Å². The van der Waals surface area contributed by atoms with Crippen molar-refractivity contribution in [2.24, 2.45) is 0 Å². The number of rotatable bonds is 7. The van der Waals surface area contributed by atoms with E-state index in [2.05, 4.69) is 10.6 Å². The predicted molar refractivity (Wildman–Crippen MR) is 125 cm³/mol. The number of methoxy groups -OCH3 is 1. The highest BCUT2D eigenvalue weighted by atomic mass is 32.1. The molecule has 32 heavy (non-hydrogen) atoms. The largest absolute Gasteiger partial charge is 0.494 e. The van der Waals surface area contributed by atoms with E-state index in [1.807, 2.05) is 19.9 Å². The number of aryl methyl sites for hydroxylation is 1. The lowest BCUT2D eigenvalue weighted by molar-refractivity contribution is 0.0601. The third-order valence-electron chi connectivity index (χ3n) is 4.67. The van der Waals surface area contributed by atoms with E-state index in [1.165, 1.54) is 7.11 Å². The summed E-state index contributed by atoms with van der Waals surface area (Å²) in [5, 5.41) is 5.82. The van der Waals surface area contributed by atoms with E-state index >= 15 is 0 Å². The summed E-state index contributed by atoms with van der Waals surface area (Å²) in [6, 6.07) is 14.1. The Hall–Kier alpha value is -3.65. The van der Waals surface area contributed by atoms with Crippen LogP contribution in [0, 0.1) is 13.8 Å². The highest BCUT2D eigenvalue weighted by molar-refractivity contribution is 7.19. The quantitative estimate of drug-likeness (QED) is 0.489. The first-order valence-corrected chi connectivity index (χ1v) is 10.8. The normalized spacial score (nSPS) is 10.4. The van der Waals surface area contributed by atoms with Gasteiger partial charge >= 0.3 is 5.97 Å². The van der Waals surface area contributed by atoms with Crippen molar-refractivity contribution in [2.45, 2.75) is 20.8 Å². The fraction of sp³-hybridized carbons (Fsp3) is 0.208. The predicted octanol–water partition coefficient (Wildman–Crippen LogP) is 5.05. The highest BCUT2D eigenvalue weighted by Crippen LogP contribution is 2.34. The van der Waals surface area contributed by atoms with Crippen LogP contribution in [-0.2, 0) is 4.74 Å². The minimum atomic E-state index is -0.626. The monoisotopic (exact) mass is 452 g/mol. The third-order valence-corrected chi connectivity index (χ3v) is 5.88. The van der Waals surface area contributed by atoms with Gasteiger partial charge in [-0.05, 0) is 62.7 Å². The van der Waals surface area contributed by atoms with E-state index in [0.717, 1.165) is 16.9 Å². The third kappa shape index (κ3) is 5.15. The number of nitrogens with one attached hydrogen (secondary N) is 2. The summed E-state index contributed by atoms with van der Waals surface area (Å²) in [4.78, 5) is 38.4. The maximum absolute atomic E-state index is 12.9. The number of ether oxygens (including phenoxy) is 2. The van der Waals surface area contributed by atoms with Gasteiger partial charge in [-0.2, -0.15) is 0 Å². The Morgan fingerprint density at radius 2 is 1.69 bits per heavy atom. The van der Waals surface area contributed by atoms with Crippen LogP contribution in [0.5, 0.6) is 5.75 Å². The molecule has 0 unspecified atom stereocenters. The zero-order chi connectivity index (χ0) is 23.3. The van der Waals surface area contributed by atoms with Gasteiger partial charge in [0.15, 0.2) is 0 Å². The number of carbonyl (C=O) groups is 3. The zero-order valence-electron chi connectivity index (χ0n) is 18.3. The lowest BCUT2D eigenvalue weighted by atomic mass is 10.1. The first kappa shape index (κ1) is 23.0. The molecule has 2 amide bonds. The minimum absolute atomic E-state index is 0.162. The summed E-state index contributed by atoms with van der Waals surface area (Å²) in [5.41, 5.74) is 2.56. The highest BCUT2D eigenvalue weighted by Gasteiger charge is 2.26. The number of carbonyl (C=O) groups excluding carboxylic acids is 3. The Labute approximate surface area is 190 Å². The van der Waals surface area contributed by atoms with Crippen LogP contribution in [0.2, 0.25) is 0 Å². The van der Waals surface area contributed by atoms with E-state index < -0.39 is 11.9 Å².